The summed E-state index contributed by atoms with van der Waals surface area (Å²) in [4.78, 5) is 67.3. The van der Waals surface area contributed by atoms with Crippen molar-refractivity contribution < 1.29 is 34.2 Å². The molecule has 0 radical (unpaired) electrons. The second kappa shape index (κ2) is 12.5. The Balaban J connectivity index is 3.07. The van der Waals surface area contributed by atoms with Crippen LogP contribution in [-0.2, 0) is 30.4 Å². The van der Waals surface area contributed by atoms with Crippen molar-refractivity contribution in [2.24, 2.45) is 17.6 Å². The van der Waals surface area contributed by atoms with E-state index >= 15 is 0 Å². The molecular weight excluding hydrogens is 436 g/mol. The highest BCUT2D eigenvalue weighted by atomic mass is 16.4. The number of aromatic amines is 1. The number of aliphatic carboxylic acids is 2. The molecule has 184 valence electrons. The summed E-state index contributed by atoms with van der Waals surface area (Å²) in [7, 11) is 0. The number of nitrogens with zero attached hydrogens (tertiary/aromatic N) is 1. The van der Waals surface area contributed by atoms with Crippen LogP contribution >= 0.6 is 0 Å². The number of nitrogens with two attached hydrogens (primary N) is 1. The molecule has 0 aliphatic carbocycles. The first kappa shape index (κ1) is 27.6. The Morgan fingerprint density at radius 1 is 0.939 bits per heavy atom. The van der Waals surface area contributed by atoms with E-state index in [1.54, 1.807) is 27.7 Å². The second-order valence-corrected chi connectivity index (χ2v) is 8.34. The smallest absolute Gasteiger partial charge is 0.326 e. The number of carboxylic acids is 2. The Labute approximate surface area is 190 Å². The predicted molar refractivity (Wildman–Crippen MR) is 116 cm³/mol. The molecule has 0 saturated heterocycles. The van der Waals surface area contributed by atoms with Crippen LogP contribution in [0.2, 0.25) is 0 Å². The zero-order valence-electron chi connectivity index (χ0n) is 19.0. The number of hydrogen-bond acceptors (Lipinski definition) is 7. The normalized spacial score (nSPS) is 14.8. The van der Waals surface area contributed by atoms with E-state index in [1.807, 2.05) is 0 Å². The van der Waals surface area contributed by atoms with Crippen molar-refractivity contribution >= 4 is 29.7 Å². The summed E-state index contributed by atoms with van der Waals surface area (Å²) in [5.41, 5.74) is 6.35. The minimum atomic E-state index is -1.57. The third kappa shape index (κ3) is 8.88. The van der Waals surface area contributed by atoms with Gasteiger partial charge in [-0.2, -0.15) is 0 Å². The van der Waals surface area contributed by atoms with Gasteiger partial charge in [-0.05, 0) is 11.8 Å². The topological polar surface area (TPSA) is 217 Å². The third-order valence-electron chi connectivity index (χ3n) is 4.88. The zero-order valence-corrected chi connectivity index (χ0v) is 19.0. The van der Waals surface area contributed by atoms with E-state index in [2.05, 4.69) is 25.9 Å². The molecule has 0 saturated carbocycles. The molecule has 1 rings (SSSR count). The van der Waals surface area contributed by atoms with Gasteiger partial charge in [0.1, 0.15) is 18.1 Å². The monoisotopic (exact) mass is 468 g/mol. The quantitative estimate of drug-likeness (QED) is 0.181. The van der Waals surface area contributed by atoms with E-state index in [0.717, 1.165) is 0 Å². The Morgan fingerprint density at radius 3 is 1.97 bits per heavy atom. The average Bonchev–Trinajstić information content (AvgIpc) is 3.22. The van der Waals surface area contributed by atoms with Crippen LogP contribution in [0.15, 0.2) is 12.5 Å². The van der Waals surface area contributed by atoms with Gasteiger partial charge in [0.05, 0.1) is 18.8 Å². The summed E-state index contributed by atoms with van der Waals surface area (Å²) >= 11 is 0. The first-order chi connectivity index (χ1) is 15.3. The lowest BCUT2D eigenvalue weighted by atomic mass is 10.0. The molecular formula is C20H32N6O7. The van der Waals surface area contributed by atoms with Crippen LogP contribution in [-0.4, -0.2) is 74.0 Å². The zero-order chi connectivity index (χ0) is 25.3. The summed E-state index contributed by atoms with van der Waals surface area (Å²) < 4.78 is 0. The van der Waals surface area contributed by atoms with Crippen LogP contribution in [0, 0.1) is 11.8 Å². The molecule has 1 heterocycles. The van der Waals surface area contributed by atoms with Gasteiger partial charge < -0.3 is 36.9 Å². The number of nitrogens with one attached hydrogen (secondary N) is 4. The number of carbonyl (C=O) groups is 5. The van der Waals surface area contributed by atoms with Crippen molar-refractivity contribution in [3.05, 3.63) is 18.2 Å². The van der Waals surface area contributed by atoms with Gasteiger partial charge in [0.2, 0.25) is 17.7 Å². The molecule has 13 heteroatoms. The molecule has 1 aromatic rings. The van der Waals surface area contributed by atoms with E-state index in [9.17, 15) is 34.2 Å². The molecule has 0 aliphatic rings. The number of rotatable bonds is 13. The van der Waals surface area contributed by atoms with E-state index < -0.39 is 66.2 Å². The summed E-state index contributed by atoms with van der Waals surface area (Å²) in [5.74, 6) is -5.81. The van der Waals surface area contributed by atoms with Crippen LogP contribution in [0.4, 0.5) is 0 Å². The van der Waals surface area contributed by atoms with E-state index in [4.69, 9.17) is 5.73 Å². The number of hydrogen-bond donors (Lipinski definition) is 7. The maximum atomic E-state index is 13.0. The number of H-pyrrole nitrogens is 1. The largest absolute Gasteiger partial charge is 0.481 e. The van der Waals surface area contributed by atoms with Crippen molar-refractivity contribution in [2.75, 3.05) is 0 Å². The van der Waals surface area contributed by atoms with Gasteiger partial charge in [-0.15, -0.1) is 0 Å². The highest BCUT2D eigenvalue weighted by molar-refractivity contribution is 5.95. The van der Waals surface area contributed by atoms with E-state index in [0.29, 0.717) is 5.69 Å². The minimum Gasteiger partial charge on any atom is -0.481 e. The van der Waals surface area contributed by atoms with E-state index in [1.165, 1.54) is 12.5 Å². The fourth-order valence-electron chi connectivity index (χ4n) is 2.82. The molecule has 13 nitrogen and oxygen atoms in total. The highest BCUT2D eigenvalue weighted by Gasteiger charge is 2.33. The SMILES string of the molecule is CC(C)C(N)C(=O)NC(Cc1cnc[nH]1)C(=O)NC(CC(=O)O)C(=O)NC(C(=O)O)C(C)C. The molecule has 0 aliphatic heterocycles. The average molecular weight is 469 g/mol. The predicted octanol–water partition coefficient (Wildman–Crippen LogP) is -1.39. The van der Waals surface area contributed by atoms with Crippen molar-refractivity contribution in [2.45, 2.75) is 64.7 Å². The number of amides is 3. The molecule has 0 spiro atoms. The number of imidazole rings is 1. The summed E-state index contributed by atoms with van der Waals surface area (Å²) in [6, 6.07) is -4.96. The maximum Gasteiger partial charge on any atom is 0.326 e. The van der Waals surface area contributed by atoms with Crippen molar-refractivity contribution in [1.82, 2.24) is 25.9 Å². The molecule has 0 fully saturated rings. The summed E-state index contributed by atoms with van der Waals surface area (Å²) in [6.45, 7) is 6.60. The third-order valence-corrected chi connectivity index (χ3v) is 4.88. The number of aromatic nitrogens is 2. The minimum absolute atomic E-state index is 0.0342. The lowest BCUT2D eigenvalue weighted by molar-refractivity contribution is -0.144. The van der Waals surface area contributed by atoms with Gasteiger partial charge in [0.25, 0.3) is 0 Å². The van der Waals surface area contributed by atoms with Gasteiger partial charge in [-0.1, -0.05) is 27.7 Å². The molecule has 1 aromatic heterocycles. The molecule has 3 amide bonds. The van der Waals surface area contributed by atoms with Gasteiger partial charge >= 0.3 is 11.9 Å². The maximum absolute atomic E-state index is 13.0. The highest BCUT2D eigenvalue weighted by Crippen LogP contribution is 2.06. The number of carboxylic acid groups (broad SMARTS) is 2. The van der Waals surface area contributed by atoms with Gasteiger partial charge in [-0.25, -0.2) is 9.78 Å². The van der Waals surface area contributed by atoms with Crippen LogP contribution in [0.25, 0.3) is 0 Å². The van der Waals surface area contributed by atoms with Crippen molar-refractivity contribution in [1.29, 1.82) is 0 Å². The Morgan fingerprint density at radius 2 is 1.52 bits per heavy atom. The molecule has 0 aromatic carbocycles. The van der Waals surface area contributed by atoms with Gasteiger partial charge in [0, 0.05) is 18.3 Å². The van der Waals surface area contributed by atoms with Gasteiger partial charge in [0.15, 0.2) is 0 Å². The van der Waals surface area contributed by atoms with Crippen LogP contribution in [0.3, 0.4) is 0 Å². The summed E-state index contributed by atoms with van der Waals surface area (Å²) in [5, 5.41) is 25.5. The standard InChI is InChI=1S/C20H32N6O7/c1-9(2)15(21)19(31)25-12(5-11-7-22-8-23-11)17(29)24-13(6-14(27)28)18(30)26-16(10(3)4)20(32)33/h7-10,12-13,15-16H,5-6,21H2,1-4H3,(H,22,23)(H,24,29)(H,25,31)(H,26,30)(H,27,28)(H,32,33). The van der Waals surface area contributed by atoms with E-state index in [-0.39, 0.29) is 12.3 Å². The first-order valence-corrected chi connectivity index (χ1v) is 10.4. The Hall–Kier alpha value is -3.48. The van der Waals surface area contributed by atoms with Crippen molar-refractivity contribution in [3.63, 3.8) is 0 Å². The Bertz CT molecular complexity index is 840. The summed E-state index contributed by atoms with van der Waals surface area (Å²) in [6.07, 6.45) is 1.99. The fraction of sp³-hybridized carbons (Fsp3) is 0.600. The van der Waals surface area contributed by atoms with Crippen LogP contribution in [0.5, 0.6) is 0 Å². The first-order valence-electron chi connectivity index (χ1n) is 10.4. The molecule has 4 atom stereocenters. The Kier molecular flexibility index (Phi) is 10.5. The second-order valence-electron chi connectivity index (χ2n) is 8.34. The lowest BCUT2D eigenvalue weighted by Crippen LogP contribution is -2.58. The fourth-order valence-corrected chi connectivity index (χ4v) is 2.82. The van der Waals surface area contributed by atoms with Crippen molar-refractivity contribution in [3.8, 4) is 0 Å². The molecule has 0 bridgehead atoms. The molecule has 4 unspecified atom stereocenters. The lowest BCUT2D eigenvalue weighted by Gasteiger charge is -2.25. The van der Waals surface area contributed by atoms with Crippen LogP contribution < -0.4 is 21.7 Å². The van der Waals surface area contributed by atoms with Gasteiger partial charge in [-0.3, -0.25) is 19.2 Å². The molecule has 33 heavy (non-hydrogen) atoms. The van der Waals surface area contributed by atoms with Crippen LogP contribution in [0.1, 0.15) is 39.8 Å². The molecule has 8 N–H and O–H groups in total. The number of carbonyl (C=O) groups excluding carboxylic acids is 3.